The Morgan fingerprint density at radius 3 is 2.82 bits per heavy atom. The maximum Gasteiger partial charge on any atom is 0.275 e. The van der Waals surface area contributed by atoms with Crippen molar-refractivity contribution >= 4 is 0 Å². The van der Waals surface area contributed by atoms with Crippen molar-refractivity contribution in [3.05, 3.63) is 51.9 Å². The average Bonchev–Trinajstić information content (AvgIpc) is 2.29. The number of nitrogens with two attached hydrogens (primary N) is 1. The van der Waals surface area contributed by atoms with E-state index in [1.807, 2.05) is 25.1 Å². The summed E-state index contributed by atoms with van der Waals surface area (Å²) >= 11 is 0. The quantitative estimate of drug-likeness (QED) is 0.797. The zero-order chi connectivity index (χ0) is 12.4. The van der Waals surface area contributed by atoms with Crippen LogP contribution in [0.25, 0.3) is 5.69 Å². The molecule has 0 fully saturated rings. The molecule has 1 aromatic carbocycles. The summed E-state index contributed by atoms with van der Waals surface area (Å²) in [5.74, 6) is -0.165. The van der Waals surface area contributed by atoms with Crippen LogP contribution in [0.2, 0.25) is 0 Å². The van der Waals surface area contributed by atoms with E-state index in [9.17, 15) is 9.90 Å². The third kappa shape index (κ3) is 2.19. The molecular weight excluding hydrogens is 218 g/mol. The number of rotatable bonds is 2. The van der Waals surface area contributed by atoms with Gasteiger partial charge in [-0.2, -0.15) is 9.78 Å². The highest BCUT2D eigenvalue weighted by Crippen LogP contribution is 2.12. The minimum atomic E-state index is -0.384. The Balaban J connectivity index is 2.63. The predicted molar refractivity (Wildman–Crippen MR) is 64.1 cm³/mol. The van der Waals surface area contributed by atoms with E-state index in [1.165, 1.54) is 4.68 Å². The van der Waals surface area contributed by atoms with Gasteiger partial charge in [0.1, 0.15) is 11.4 Å². The van der Waals surface area contributed by atoms with Crippen molar-refractivity contribution in [1.82, 2.24) is 9.78 Å². The summed E-state index contributed by atoms with van der Waals surface area (Å²) in [7, 11) is 0. The molecule has 0 saturated heterocycles. The number of benzene rings is 1. The standard InChI is InChI=1S/C12H13N3O2/c1-8-3-2-4-9(5-8)15-12(17)6-11(16)10(7-13)14-15/h2-6,16H,7,13H2,1H3. The fourth-order valence-corrected chi connectivity index (χ4v) is 1.57. The maximum absolute atomic E-state index is 11.7. The van der Waals surface area contributed by atoms with E-state index in [2.05, 4.69) is 5.10 Å². The first-order chi connectivity index (χ1) is 8.11. The molecule has 0 aliphatic rings. The van der Waals surface area contributed by atoms with E-state index >= 15 is 0 Å². The van der Waals surface area contributed by atoms with Gasteiger partial charge in [0, 0.05) is 12.6 Å². The highest BCUT2D eigenvalue weighted by atomic mass is 16.3. The van der Waals surface area contributed by atoms with Gasteiger partial charge in [0.05, 0.1) is 5.69 Å². The second-order valence-corrected chi connectivity index (χ2v) is 3.77. The lowest BCUT2D eigenvalue weighted by atomic mass is 10.2. The van der Waals surface area contributed by atoms with E-state index in [-0.39, 0.29) is 17.9 Å². The minimum Gasteiger partial charge on any atom is -0.506 e. The number of aromatic nitrogens is 2. The van der Waals surface area contributed by atoms with Gasteiger partial charge in [0.25, 0.3) is 5.56 Å². The predicted octanol–water partition coefficient (Wildman–Crippen LogP) is 0.705. The monoisotopic (exact) mass is 231 g/mol. The van der Waals surface area contributed by atoms with Crippen LogP contribution in [-0.2, 0) is 6.54 Å². The number of hydrogen-bond acceptors (Lipinski definition) is 4. The van der Waals surface area contributed by atoms with Gasteiger partial charge >= 0.3 is 0 Å². The fourth-order valence-electron chi connectivity index (χ4n) is 1.57. The molecule has 1 heterocycles. The summed E-state index contributed by atoms with van der Waals surface area (Å²) in [6, 6.07) is 8.51. The summed E-state index contributed by atoms with van der Waals surface area (Å²) in [5.41, 5.74) is 7.04. The summed E-state index contributed by atoms with van der Waals surface area (Å²) in [4.78, 5) is 11.7. The first-order valence-corrected chi connectivity index (χ1v) is 5.21. The largest absolute Gasteiger partial charge is 0.506 e. The van der Waals surface area contributed by atoms with Crippen molar-refractivity contribution in [2.24, 2.45) is 5.73 Å². The van der Waals surface area contributed by atoms with Crippen molar-refractivity contribution < 1.29 is 5.11 Å². The first-order valence-electron chi connectivity index (χ1n) is 5.21. The highest BCUT2D eigenvalue weighted by molar-refractivity contribution is 5.35. The molecule has 1 aromatic heterocycles. The molecule has 88 valence electrons. The van der Waals surface area contributed by atoms with E-state index in [0.717, 1.165) is 11.6 Å². The summed E-state index contributed by atoms with van der Waals surface area (Å²) in [6.45, 7) is 2.01. The van der Waals surface area contributed by atoms with Crippen molar-refractivity contribution in [2.75, 3.05) is 0 Å². The lowest BCUT2D eigenvalue weighted by Crippen LogP contribution is -2.22. The Morgan fingerprint density at radius 1 is 1.41 bits per heavy atom. The SMILES string of the molecule is Cc1cccc(-n2nc(CN)c(O)cc2=O)c1. The zero-order valence-electron chi connectivity index (χ0n) is 9.42. The second kappa shape index (κ2) is 4.39. The molecule has 2 rings (SSSR count). The maximum atomic E-state index is 11.7. The van der Waals surface area contributed by atoms with Crippen molar-refractivity contribution in [3.8, 4) is 11.4 Å². The Kier molecular flexibility index (Phi) is 2.93. The van der Waals surface area contributed by atoms with E-state index < -0.39 is 0 Å². The van der Waals surface area contributed by atoms with Gasteiger partial charge in [0.2, 0.25) is 0 Å². The molecule has 2 aromatic rings. The Hall–Kier alpha value is -2.14. The Bertz CT molecular complexity index is 605. The third-order valence-electron chi connectivity index (χ3n) is 2.42. The van der Waals surface area contributed by atoms with Crippen molar-refractivity contribution in [3.63, 3.8) is 0 Å². The molecule has 0 spiro atoms. The fraction of sp³-hybridized carbons (Fsp3) is 0.167. The molecule has 5 nitrogen and oxygen atoms in total. The van der Waals surface area contributed by atoms with Crippen LogP contribution >= 0.6 is 0 Å². The molecule has 0 aliphatic heterocycles. The number of aromatic hydroxyl groups is 1. The van der Waals surface area contributed by atoms with Crippen LogP contribution in [0, 0.1) is 6.92 Å². The van der Waals surface area contributed by atoms with Gasteiger partial charge in [-0.15, -0.1) is 0 Å². The molecule has 0 aliphatic carbocycles. The van der Waals surface area contributed by atoms with E-state index in [0.29, 0.717) is 11.4 Å². The molecule has 5 heteroatoms. The molecule has 0 saturated carbocycles. The molecule has 0 unspecified atom stereocenters. The smallest absolute Gasteiger partial charge is 0.275 e. The van der Waals surface area contributed by atoms with Crippen LogP contribution in [-0.4, -0.2) is 14.9 Å². The topological polar surface area (TPSA) is 81.1 Å². The molecule has 0 amide bonds. The van der Waals surface area contributed by atoms with Crippen LogP contribution < -0.4 is 11.3 Å². The van der Waals surface area contributed by atoms with Crippen LogP contribution in [0.15, 0.2) is 35.1 Å². The second-order valence-electron chi connectivity index (χ2n) is 3.77. The van der Waals surface area contributed by atoms with E-state index in [1.54, 1.807) is 6.07 Å². The number of nitrogens with zero attached hydrogens (tertiary/aromatic N) is 2. The highest BCUT2D eigenvalue weighted by Gasteiger charge is 2.07. The Morgan fingerprint density at radius 2 is 2.18 bits per heavy atom. The van der Waals surface area contributed by atoms with Gasteiger partial charge in [0.15, 0.2) is 0 Å². The van der Waals surface area contributed by atoms with Gasteiger partial charge < -0.3 is 10.8 Å². The van der Waals surface area contributed by atoms with Crippen LogP contribution in [0.3, 0.4) is 0 Å². The van der Waals surface area contributed by atoms with Crippen LogP contribution in [0.5, 0.6) is 5.75 Å². The van der Waals surface area contributed by atoms with Crippen LogP contribution in [0.4, 0.5) is 0 Å². The summed E-state index contributed by atoms with van der Waals surface area (Å²) in [6.07, 6.45) is 0. The normalized spacial score (nSPS) is 10.5. The lowest BCUT2D eigenvalue weighted by molar-refractivity contribution is 0.457. The third-order valence-corrected chi connectivity index (χ3v) is 2.42. The van der Waals surface area contributed by atoms with Gasteiger partial charge in [-0.25, -0.2) is 0 Å². The number of hydrogen-bond donors (Lipinski definition) is 2. The van der Waals surface area contributed by atoms with Crippen molar-refractivity contribution in [2.45, 2.75) is 13.5 Å². The molecule has 0 radical (unpaired) electrons. The summed E-state index contributed by atoms with van der Waals surface area (Å²) in [5, 5.41) is 13.5. The zero-order valence-corrected chi connectivity index (χ0v) is 9.42. The molecular formula is C12H13N3O2. The molecule has 3 N–H and O–H groups in total. The van der Waals surface area contributed by atoms with Gasteiger partial charge in [-0.1, -0.05) is 12.1 Å². The molecule has 0 atom stereocenters. The van der Waals surface area contributed by atoms with Crippen molar-refractivity contribution in [1.29, 1.82) is 0 Å². The Labute approximate surface area is 98.1 Å². The number of aryl methyl sites for hydroxylation is 1. The van der Waals surface area contributed by atoms with Gasteiger partial charge in [-0.05, 0) is 24.6 Å². The van der Waals surface area contributed by atoms with E-state index in [4.69, 9.17) is 5.73 Å². The lowest BCUT2D eigenvalue weighted by Gasteiger charge is -2.07. The van der Waals surface area contributed by atoms with Gasteiger partial charge in [-0.3, -0.25) is 4.79 Å². The molecule has 0 bridgehead atoms. The molecule has 17 heavy (non-hydrogen) atoms. The van der Waals surface area contributed by atoms with Crippen LogP contribution in [0.1, 0.15) is 11.3 Å². The average molecular weight is 231 g/mol. The minimum absolute atomic E-state index is 0.0813. The summed E-state index contributed by atoms with van der Waals surface area (Å²) < 4.78 is 1.23. The first kappa shape index (κ1) is 11.3.